The van der Waals surface area contributed by atoms with Gasteiger partial charge in [-0.2, -0.15) is 0 Å². The summed E-state index contributed by atoms with van der Waals surface area (Å²) in [5.74, 6) is 10.7. The quantitative estimate of drug-likeness (QED) is 0.154. The Morgan fingerprint density at radius 2 is 1.82 bits per heavy atom. The van der Waals surface area contributed by atoms with Crippen molar-refractivity contribution in [3.8, 4) is 17.1 Å². The number of hydrogen-bond acceptors (Lipinski definition) is 10. The number of nitrogens with zero attached hydrogens (tertiary/aromatic N) is 2. The van der Waals surface area contributed by atoms with Crippen molar-refractivity contribution in [2.24, 2.45) is 11.7 Å². The monoisotopic (exact) mass is 489 g/mol. The molecule has 2 atom stereocenters. The molecule has 0 spiro atoms. The zero-order chi connectivity index (χ0) is 23.4. The molecule has 4 rings (SSSR count). The molecule has 1 fully saturated rings. The molecule has 0 radical (unpaired) electrons. The van der Waals surface area contributed by atoms with Crippen molar-refractivity contribution in [1.29, 1.82) is 0 Å². The van der Waals surface area contributed by atoms with Gasteiger partial charge in [0.2, 0.25) is 0 Å². The fourth-order valence-electron chi connectivity index (χ4n) is 3.66. The summed E-state index contributed by atoms with van der Waals surface area (Å²) in [6.45, 7) is 1.97. The van der Waals surface area contributed by atoms with Crippen LogP contribution in [0.5, 0.6) is 5.75 Å². The standard InChI is InChI=1S/C21H23N7O5.ClH/c1-11-6-7-12-15(10-11)25-19(13-4-2-3-5-16(13)32-33-21(30)28-23)26-18(12)14-8-9-17(24-14)31-20(29)27-22;/h2-7,10,14,17,24H,8-9,22-23H2,1H3,(H,27,29)(H,28,30);1H/t14-,17?;/m1./s1. The first-order chi connectivity index (χ1) is 16.0. The lowest BCUT2D eigenvalue weighted by atomic mass is 10.0. The number of fused-ring (bicyclic) bond motifs is 1. The topological polar surface area (TPSA) is 176 Å². The predicted octanol–water partition coefficient (Wildman–Crippen LogP) is 2.27. The van der Waals surface area contributed by atoms with Crippen LogP contribution in [0.15, 0.2) is 42.5 Å². The fourth-order valence-corrected chi connectivity index (χ4v) is 3.66. The van der Waals surface area contributed by atoms with Gasteiger partial charge in [-0.25, -0.2) is 36.1 Å². The lowest BCUT2D eigenvalue weighted by Crippen LogP contribution is -2.37. The molecule has 2 amide bonds. The third kappa shape index (κ3) is 5.43. The Morgan fingerprint density at radius 3 is 2.59 bits per heavy atom. The van der Waals surface area contributed by atoms with Crippen LogP contribution in [0.25, 0.3) is 22.3 Å². The molecule has 34 heavy (non-hydrogen) atoms. The van der Waals surface area contributed by atoms with Crippen molar-refractivity contribution < 1.29 is 24.1 Å². The van der Waals surface area contributed by atoms with Gasteiger partial charge in [0.05, 0.1) is 22.8 Å². The number of carbonyl (C=O) groups is 2. The highest BCUT2D eigenvalue weighted by Crippen LogP contribution is 2.34. The first-order valence-electron chi connectivity index (χ1n) is 10.1. The van der Waals surface area contributed by atoms with Crippen molar-refractivity contribution >= 4 is 35.5 Å². The van der Waals surface area contributed by atoms with Gasteiger partial charge in [0.15, 0.2) is 17.8 Å². The first kappa shape index (κ1) is 24.9. The lowest BCUT2D eigenvalue weighted by molar-refractivity contribution is -0.142. The van der Waals surface area contributed by atoms with Gasteiger partial charge < -0.3 is 4.74 Å². The summed E-state index contributed by atoms with van der Waals surface area (Å²) < 4.78 is 5.23. The Hall–Kier alpha value is -3.71. The van der Waals surface area contributed by atoms with E-state index in [1.807, 2.05) is 36.0 Å². The second kappa shape index (κ2) is 10.9. The summed E-state index contributed by atoms with van der Waals surface area (Å²) in [7, 11) is 0. The molecule has 1 aliphatic rings. The zero-order valence-electron chi connectivity index (χ0n) is 18.1. The lowest BCUT2D eigenvalue weighted by Gasteiger charge is -2.17. The number of nitrogens with one attached hydrogen (secondary N) is 3. The minimum absolute atomic E-state index is 0. The van der Waals surface area contributed by atoms with Crippen LogP contribution in [-0.2, 0) is 9.62 Å². The van der Waals surface area contributed by atoms with E-state index in [0.29, 0.717) is 24.2 Å². The van der Waals surface area contributed by atoms with Gasteiger partial charge in [0.1, 0.15) is 0 Å². The smallest absolute Gasteiger partial charge is 0.429 e. The van der Waals surface area contributed by atoms with Crippen LogP contribution >= 0.6 is 12.4 Å². The number of aromatic nitrogens is 2. The van der Waals surface area contributed by atoms with E-state index in [-0.39, 0.29) is 24.2 Å². The molecule has 1 aromatic heterocycles. The Balaban J connectivity index is 0.00000324. The van der Waals surface area contributed by atoms with E-state index in [1.165, 1.54) is 0 Å². The molecule has 0 saturated carbocycles. The molecule has 2 aromatic carbocycles. The Kier molecular flexibility index (Phi) is 8.02. The number of hydrogen-bond donors (Lipinski definition) is 5. The van der Waals surface area contributed by atoms with Gasteiger partial charge in [-0.05, 0) is 37.1 Å². The number of halogens is 1. The van der Waals surface area contributed by atoms with Crippen molar-refractivity contribution in [2.45, 2.75) is 32.0 Å². The summed E-state index contributed by atoms with van der Waals surface area (Å²) >= 11 is 0. The molecule has 2 heterocycles. The SMILES string of the molecule is Cc1ccc2c([C@H]3CCC(OC(=O)NN)N3)nc(-c3ccccc3OOC(=O)NN)nc2c1.Cl. The number of nitrogens with two attached hydrogens (primary N) is 2. The maximum absolute atomic E-state index is 11.5. The fraction of sp³-hybridized carbons (Fsp3) is 0.238. The molecular weight excluding hydrogens is 466 g/mol. The third-order valence-corrected chi connectivity index (χ3v) is 5.14. The van der Waals surface area contributed by atoms with Gasteiger partial charge in [-0.1, -0.05) is 24.3 Å². The van der Waals surface area contributed by atoms with Crippen molar-refractivity contribution in [3.63, 3.8) is 0 Å². The predicted molar refractivity (Wildman–Crippen MR) is 124 cm³/mol. The molecule has 180 valence electrons. The highest BCUT2D eigenvalue weighted by molar-refractivity contribution is 5.85. The summed E-state index contributed by atoms with van der Waals surface area (Å²) in [6, 6.07) is 12.6. The summed E-state index contributed by atoms with van der Waals surface area (Å²) in [4.78, 5) is 42.1. The molecular formula is C21H24ClN7O5. The van der Waals surface area contributed by atoms with Crippen molar-refractivity contribution in [2.75, 3.05) is 0 Å². The highest BCUT2D eigenvalue weighted by Gasteiger charge is 2.30. The van der Waals surface area contributed by atoms with Crippen LogP contribution in [-0.4, -0.2) is 28.4 Å². The number of carbonyl (C=O) groups excluding carboxylic acids is 2. The van der Waals surface area contributed by atoms with E-state index in [2.05, 4.69) is 10.2 Å². The van der Waals surface area contributed by atoms with Crippen molar-refractivity contribution in [1.82, 2.24) is 26.1 Å². The van der Waals surface area contributed by atoms with E-state index in [0.717, 1.165) is 22.2 Å². The maximum atomic E-state index is 11.5. The number of aryl methyl sites for hydroxylation is 1. The Morgan fingerprint density at radius 1 is 1.06 bits per heavy atom. The van der Waals surface area contributed by atoms with Gasteiger partial charge in [0, 0.05) is 11.8 Å². The summed E-state index contributed by atoms with van der Waals surface area (Å²) in [5, 5.41) is 4.13. The second-order valence-corrected chi connectivity index (χ2v) is 7.38. The highest BCUT2D eigenvalue weighted by atomic mass is 35.5. The van der Waals surface area contributed by atoms with E-state index in [1.54, 1.807) is 24.3 Å². The molecule has 7 N–H and O–H groups in total. The number of benzene rings is 2. The number of amides is 2. The summed E-state index contributed by atoms with van der Waals surface area (Å²) in [5.41, 5.74) is 6.79. The van der Waals surface area contributed by atoms with Crippen LogP contribution in [0.4, 0.5) is 9.59 Å². The van der Waals surface area contributed by atoms with Crippen LogP contribution in [0, 0.1) is 6.92 Å². The minimum Gasteiger partial charge on any atom is -0.429 e. The summed E-state index contributed by atoms with van der Waals surface area (Å²) in [6.07, 6.45) is -0.907. The molecule has 0 aliphatic carbocycles. The molecule has 1 aliphatic heterocycles. The van der Waals surface area contributed by atoms with E-state index < -0.39 is 18.4 Å². The van der Waals surface area contributed by atoms with E-state index >= 15 is 0 Å². The van der Waals surface area contributed by atoms with E-state index in [4.69, 9.17) is 31.3 Å². The number of ether oxygens (including phenoxy) is 1. The number of rotatable bonds is 5. The Bertz CT molecular complexity index is 1200. The number of para-hydroxylation sites is 1. The molecule has 3 aromatic rings. The van der Waals surface area contributed by atoms with Gasteiger partial charge >= 0.3 is 12.2 Å². The molecule has 13 heteroatoms. The maximum Gasteiger partial charge on any atom is 0.464 e. The second-order valence-electron chi connectivity index (χ2n) is 7.38. The normalized spacial score (nSPS) is 16.9. The van der Waals surface area contributed by atoms with E-state index in [9.17, 15) is 9.59 Å². The minimum atomic E-state index is -0.955. The molecule has 12 nitrogen and oxygen atoms in total. The van der Waals surface area contributed by atoms with Gasteiger partial charge in [-0.15, -0.1) is 12.4 Å². The average molecular weight is 490 g/mol. The molecule has 1 unspecified atom stereocenters. The Labute approximate surface area is 200 Å². The number of hydrazine groups is 2. The zero-order valence-corrected chi connectivity index (χ0v) is 18.9. The van der Waals surface area contributed by atoms with Crippen LogP contribution in [0.2, 0.25) is 0 Å². The third-order valence-electron chi connectivity index (χ3n) is 5.14. The molecule has 0 bridgehead atoms. The van der Waals surface area contributed by atoms with Crippen LogP contribution < -0.4 is 32.7 Å². The van der Waals surface area contributed by atoms with Crippen LogP contribution in [0.3, 0.4) is 0 Å². The van der Waals surface area contributed by atoms with Crippen LogP contribution in [0.1, 0.15) is 30.1 Å². The average Bonchev–Trinajstić information content (AvgIpc) is 3.29. The first-order valence-corrected chi connectivity index (χ1v) is 10.1. The molecule has 1 saturated heterocycles. The van der Waals surface area contributed by atoms with Gasteiger partial charge in [0.25, 0.3) is 0 Å². The van der Waals surface area contributed by atoms with Crippen molar-refractivity contribution in [3.05, 3.63) is 53.7 Å². The van der Waals surface area contributed by atoms with Gasteiger partial charge in [-0.3, -0.25) is 21.1 Å². The largest absolute Gasteiger partial charge is 0.464 e.